The van der Waals surface area contributed by atoms with Crippen molar-refractivity contribution in [2.75, 3.05) is 26.8 Å². The number of ether oxygens (including phenoxy) is 1. The van der Waals surface area contributed by atoms with Crippen LogP contribution in [0.1, 0.15) is 18.4 Å². The molecule has 1 atom stereocenters. The molecule has 1 aliphatic carbocycles. The molecule has 2 aromatic rings. The van der Waals surface area contributed by atoms with Crippen LogP contribution in [0.15, 0.2) is 30.5 Å². The molecule has 0 aliphatic heterocycles. The van der Waals surface area contributed by atoms with Crippen LogP contribution in [0.2, 0.25) is 0 Å². The number of carbonyl (C=O) groups is 1. The van der Waals surface area contributed by atoms with Gasteiger partial charge in [-0.1, -0.05) is 18.2 Å². The minimum Gasteiger partial charge on any atom is -0.379 e. The van der Waals surface area contributed by atoms with Crippen molar-refractivity contribution >= 4 is 29.2 Å². The highest BCUT2D eigenvalue weighted by Crippen LogP contribution is 2.28. The van der Waals surface area contributed by atoms with Gasteiger partial charge in [0, 0.05) is 37.3 Å². The van der Waals surface area contributed by atoms with Crippen LogP contribution in [0.4, 0.5) is 0 Å². The Balaban J connectivity index is 0.00000208. The third kappa shape index (κ3) is 4.72. The van der Waals surface area contributed by atoms with Gasteiger partial charge in [-0.2, -0.15) is 0 Å². The Hall–Kier alpha value is -1.56. The summed E-state index contributed by atoms with van der Waals surface area (Å²) in [6.07, 6.45) is 5.04. The van der Waals surface area contributed by atoms with Gasteiger partial charge in [0.25, 0.3) is 0 Å². The summed E-state index contributed by atoms with van der Waals surface area (Å²) in [5.74, 6) is 0.713. The summed E-state index contributed by atoms with van der Waals surface area (Å²) in [6, 6.07) is 7.53. The number of aromatic nitrogens is 1. The number of nitrogens with zero attached hydrogens (tertiary/aromatic N) is 1. The number of benzene rings is 1. The number of halogens is 1. The second kappa shape index (κ2) is 8.51. The molecule has 1 fully saturated rings. The summed E-state index contributed by atoms with van der Waals surface area (Å²) in [4.78, 5) is 17.3. The van der Waals surface area contributed by atoms with E-state index in [0.29, 0.717) is 19.6 Å². The van der Waals surface area contributed by atoms with Crippen molar-refractivity contribution < 1.29 is 9.53 Å². The molecule has 1 heterocycles. The van der Waals surface area contributed by atoms with Gasteiger partial charge in [0.15, 0.2) is 0 Å². The quantitative estimate of drug-likeness (QED) is 0.717. The molecule has 1 aliphatic rings. The van der Waals surface area contributed by atoms with Crippen LogP contribution in [0.3, 0.4) is 0 Å². The maximum Gasteiger partial charge on any atom is 0.239 e. The van der Waals surface area contributed by atoms with E-state index in [1.165, 1.54) is 12.8 Å². The lowest BCUT2D eigenvalue weighted by molar-refractivity contribution is -0.131. The molecule has 0 spiro atoms. The van der Waals surface area contributed by atoms with Crippen LogP contribution in [-0.2, 0) is 16.0 Å². The van der Waals surface area contributed by atoms with E-state index in [1.54, 1.807) is 11.9 Å². The molecule has 1 aromatic carbocycles. The fourth-order valence-electron chi connectivity index (χ4n) is 2.75. The van der Waals surface area contributed by atoms with Gasteiger partial charge in [0.2, 0.25) is 5.91 Å². The van der Waals surface area contributed by atoms with Crippen LogP contribution in [0.25, 0.3) is 10.9 Å². The molecule has 0 bridgehead atoms. The highest BCUT2D eigenvalue weighted by Gasteiger charge is 2.22. The molecule has 24 heavy (non-hydrogen) atoms. The molecule has 132 valence electrons. The molecule has 1 amide bonds. The van der Waals surface area contributed by atoms with Crippen molar-refractivity contribution in [3.8, 4) is 0 Å². The highest BCUT2D eigenvalue weighted by molar-refractivity contribution is 5.86. The molecule has 0 radical (unpaired) electrons. The number of nitrogens with two attached hydrogens (primary N) is 1. The molecular formula is C18H26ClN3O2. The lowest BCUT2D eigenvalue weighted by Gasteiger charge is -2.21. The highest BCUT2D eigenvalue weighted by atomic mass is 35.5. The zero-order valence-electron chi connectivity index (χ0n) is 14.0. The zero-order chi connectivity index (χ0) is 16.2. The predicted molar refractivity (Wildman–Crippen MR) is 98.4 cm³/mol. The molecule has 6 heteroatoms. The third-order valence-electron chi connectivity index (χ3n) is 4.43. The topological polar surface area (TPSA) is 71.3 Å². The first-order chi connectivity index (χ1) is 11.1. The van der Waals surface area contributed by atoms with Crippen LogP contribution in [-0.4, -0.2) is 48.6 Å². The van der Waals surface area contributed by atoms with Crippen LogP contribution >= 0.6 is 12.4 Å². The van der Waals surface area contributed by atoms with Crippen molar-refractivity contribution in [3.05, 3.63) is 36.0 Å². The average Bonchev–Trinajstić information content (AvgIpc) is 3.31. The van der Waals surface area contributed by atoms with Crippen molar-refractivity contribution in [2.45, 2.75) is 25.3 Å². The fourth-order valence-corrected chi connectivity index (χ4v) is 2.75. The minimum absolute atomic E-state index is 0. The Labute approximate surface area is 148 Å². The van der Waals surface area contributed by atoms with Gasteiger partial charge in [-0.15, -0.1) is 12.4 Å². The summed E-state index contributed by atoms with van der Waals surface area (Å²) in [6.45, 7) is 2.00. The van der Waals surface area contributed by atoms with E-state index in [-0.39, 0.29) is 18.3 Å². The first-order valence-electron chi connectivity index (χ1n) is 8.28. The lowest BCUT2D eigenvalue weighted by Crippen LogP contribution is -2.44. The van der Waals surface area contributed by atoms with E-state index in [4.69, 9.17) is 10.5 Å². The fraction of sp³-hybridized carbons (Fsp3) is 0.500. The molecular weight excluding hydrogens is 326 g/mol. The largest absolute Gasteiger partial charge is 0.379 e. The van der Waals surface area contributed by atoms with Crippen LogP contribution in [0, 0.1) is 5.92 Å². The van der Waals surface area contributed by atoms with E-state index in [1.807, 2.05) is 30.5 Å². The Morgan fingerprint density at radius 3 is 2.92 bits per heavy atom. The Morgan fingerprint density at radius 1 is 1.42 bits per heavy atom. The first kappa shape index (κ1) is 18.8. The normalized spacial score (nSPS) is 15.1. The number of fused-ring (bicyclic) bond motifs is 1. The molecule has 3 N–H and O–H groups in total. The van der Waals surface area contributed by atoms with E-state index >= 15 is 0 Å². The van der Waals surface area contributed by atoms with Crippen LogP contribution in [0.5, 0.6) is 0 Å². The molecule has 1 saturated carbocycles. The number of rotatable bonds is 8. The minimum atomic E-state index is -0.525. The summed E-state index contributed by atoms with van der Waals surface area (Å²) in [5, 5.41) is 1.13. The Bertz CT molecular complexity index is 669. The Morgan fingerprint density at radius 2 is 2.17 bits per heavy atom. The standard InChI is InChI=1S/C18H25N3O2.ClH/c1-21(8-9-23-12-13-6-7-13)18(22)16(19)10-14-11-20-17-5-3-2-4-15(14)17;/h2-5,11,13,16,20H,6-10,12,19H2,1H3;1H/t16-;/m0./s1. The number of hydrogen-bond acceptors (Lipinski definition) is 3. The number of nitrogens with one attached hydrogen (secondary N) is 1. The molecule has 0 unspecified atom stereocenters. The SMILES string of the molecule is CN(CCOCC1CC1)C(=O)[C@@H](N)Cc1c[nH]c2ccccc12.Cl. The second-order valence-corrected chi connectivity index (χ2v) is 6.45. The van der Waals surface area contributed by atoms with Crippen molar-refractivity contribution in [1.82, 2.24) is 9.88 Å². The predicted octanol–water partition coefficient (Wildman–Crippen LogP) is 2.34. The van der Waals surface area contributed by atoms with E-state index < -0.39 is 6.04 Å². The van der Waals surface area contributed by atoms with Gasteiger partial charge in [-0.3, -0.25) is 4.79 Å². The summed E-state index contributed by atoms with van der Waals surface area (Å²) in [5.41, 5.74) is 8.27. The van der Waals surface area contributed by atoms with Gasteiger partial charge in [0.05, 0.1) is 12.6 Å². The molecule has 1 aromatic heterocycles. The maximum atomic E-state index is 12.4. The number of carbonyl (C=O) groups excluding carboxylic acids is 1. The first-order valence-corrected chi connectivity index (χ1v) is 8.28. The summed E-state index contributed by atoms with van der Waals surface area (Å²) in [7, 11) is 1.79. The van der Waals surface area contributed by atoms with Gasteiger partial charge in [-0.25, -0.2) is 0 Å². The maximum absolute atomic E-state index is 12.4. The number of aromatic amines is 1. The number of para-hydroxylation sites is 1. The summed E-state index contributed by atoms with van der Waals surface area (Å²) >= 11 is 0. The lowest BCUT2D eigenvalue weighted by atomic mass is 10.0. The number of H-pyrrole nitrogens is 1. The third-order valence-corrected chi connectivity index (χ3v) is 4.43. The van der Waals surface area contributed by atoms with E-state index in [0.717, 1.165) is 29.0 Å². The van der Waals surface area contributed by atoms with E-state index in [9.17, 15) is 4.79 Å². The van der Waals surface area contributed by atoms with Gasteiger partial charge >= 0.3 is 0 Å². The van der Waals surface area contributed by atoms with Crippen molar-refractivity contribution in [2.24, 2.45) is 11.7 Å². The molecule has 5 nitrogen and oxygen atoms in total. The Kier molecular flexibility index (Phi) is 6.66. The number of likely N-dealkylation sites (N-methyl/N-ethyl adjacent to an activating group) is 1. The van der Waals surface area contributed by atoms with Crippen molar-refractivity contribution in [3.63, 3.8) is 0 Å². The smallest absolute Gasteiger partial charge is 0.239 e. The van der Waals surface area contributed by atoms with Gasteiger partial charge in [0.1, 0.15) is 0 Å². The summed E-state index contributed by atoms with van der Waals surface area (Å²) < 4.78 is 5.58. The van der Waals surface area contributed by atoms with Crippen LogP contribution < -0.4 is 5.73 Å². The van der Waals surface area contributed by atoms with Gasteiger partial charge < -0.3 is 20.4 Å². The molecule has 3 rings (SSSR count). The van der Waals surface area contributed by atoms with Crippen molar-refractivity contribution in [1.29, 1.82) is 0 Å². The second-order valence-electron chi connectivity index (χ2n) is 6.45. The monoisotopic (exact) mass is 351 g/mol. The van der Waals surface area contributed by atoms with E-state index in [2.05, 4.69) is 4.98 Å². The molecule has 0 saturated heterocycles. The number of amides is 1. The zero-order valence-corrected chi connectivity index (χ0v) is 14.8. The average molecular weight is 352 g/mol. The van der Waals surface area contributed by atoms with Gasteiger partial charge in [-0.05, 0) is 36.8 Å². The number of hydrogen-bond donors (Lipinski definition) is 2.